The summed E-state index contributed by atoms with van der Waals surface area (Å²) in [7, 11) is 0. The molecule has 0 aromatic carbocycles. The van der Waals surface area contributed by atoms with Crippen LogP contribution in [-0.4, -0.2) is 28.0 Å². The molecule has 2 N–H and O–H groups in total. The first-order valence-corrected chi connectivity index (χ1v) is 6.72. The number of aromatic nitrogens is 3. The maximum Gasteiger partial charge on any atom is 0.230 e. The molecular weight excluding hydrogens is 226 g/mol. The Balaban J connectivity index is 2.26. The second-order valence-electron chi connectivity index (χ2n) is 5.86. The summed E-state index contributed by atoms with van der Waals surface area (Å²) in [5.74, 6) is 3.47. The Bertz CT molecular complexity index is 408. The van der Waals surface area contributed by atoms with Crippen LogP contribution >= 0.6 is 0 Å². The van der Waals surface area contributed by atoms with Gasteiger partial charge in [0.15, 0.2) is 0 Å². The second kappa shape index (κ2) is 5.08. The average Bonchev–Trinajstić information content (AvgIpc) is 2.26. The van der Waals surface area contributed by atoms with Crippen molar-refractivity contribution < 1.29 is 0 Å². The van der Waals surface area contributed by atoms with Crippen molar-refractivity contribution in [2.75, 3.05) is 23.7 Å². The van der Waals surface area contributed by atoms with E-state index in [9.17, 15) is 0 Å². The van der Waals surface area contributed by atoms with Gasteiger partial charge in [-0.1, -0.05) is 27.7 Å². The molecule has 5 heteroatoms. The van der Waals surface area contributed by atoms with E-state index >= 15 is 0 Å². The van der Waals surface area contributed by atoms with Crippen molar-refractivity contribution in [3.8, 4) is 0 Å². The molecule has 1 fully saturated rings. The Hall–Kier alpha value is -1.39. The Kier molecular flexibility index (Phi) is 3.68. The molecular formula is C13H23N5. The van der Waals surface area contributed by atoms with Crippen molar-refractivity contribution in [3.63, 3.8) is 0 Å². The van der Waals surface area contributed by atoms with Gasteiger partial charge in [-0.15, -0.1) is 0 Å². The van der Waals surface area contributed by atoms with Gasteiger partial charge in [0, 0.05) is 19.0 Å². The van der Waals surface area contributed by atoms with E-state index in [1.165, 1.54) is 6.42 Å². The van der Waals surface area contributed by atoms with Crippen molar-refractivity contribution in [2.24, 2.45) is 11.8 Å². The number of nitrogen functional groups attached to an aromatic ring is 1. The molecule has 2 heterocycles. The molecule has 18 heavy (non-hydrogen) atoms. The van der Waals surface area contributed by atoms with E-state index in [1.54, 1.807) is 0 Å². The van der Waals surface area contributed by atoms with Crippen LogP contribution in [-0.2, 0) is 0 Å². The minimum absolute atomic E-state index is 0.272. The molecule has 0 spiro atoms. The molecule has 1 saturated heterocycles. The SMILES string of the molecule is CC1CC(C)CN(c2nc(N)nc(C(C)C)n2)C1. The Morgan fingerprint density at radius 2 is 1.72 bits per heavy atom. The molecule has 1 aromatic rings. The average molecular weight is 249 g/mol. The van der Waals surface area contributed by atoms with Crippen LogP contribution in [0, 0.1) is 11.8 Å². The predicted octanol–water partition coefficient (Wildman–Crippen LogP) is 2.06. The first-order chi connectivity index (χ1) is 8.45. The molecule has 2 rings (SSSR count). The van der Waals surface area contributed by atoms with Crippen molar-refractivity contribution >= 4 is 11.9 Å². The maximum absolute atomic E-state index is 5.78. The number of anilines is 2. The third-order valence-electron chi connectivity index (χ3n) is 3.33. The molecule has 0 amide bonds. The number of nitrogens with zero attached hydrogens (tertiary/aromatic N) is 4. The van der Waals surface area contributed by atoms with Crippen LogP contribution in [0.1, 0.15) is 45.9 Å². The van der Waals surface area contributed by atoms with Crippen LogP contribution in [0.3, 0.4) is 0 Å². The summed E-state index contributed by atoms with van der Waals surface area (Å²) in [5, 5.41) is 0. The van der Waals surface area contributed by atoms with Crippen LogP contribution in [0.2, 0.25) is 0 Å². The zero-order chi connectivity index (χ0) is 13.3. The normalized spacial score (nSPS) is 24.6. The quantitative estimate of drug-likeness (QED) is 0.869. The van der Waals surface area contributed by atoms with Gasteiger partial charge in [0.05, 0.1) is 0 Å². The lowest BCUT2D eigenvalue weighted by Crippen LogP contribution is -2.40. The van der Waals surface area contributed by atoms with Gasteiger partial charge in [0.1, 0.15) is 5.82 Å². The fourth-order valence-electron chi connectivity index (χ4n) is 2.62. The van der Waals surface area contributed by atoms with Crippen LogP contribution in [0.5, 0.6) is 0 Å². The van der Waals surface area contributed by atoms with Gasteiger partial charge in [0.25, 0.3) is 0 Å². The van der Waals surface area contributed by atoms with Crippen LogP contribution < -0.4 is 10.6 Å². The number of hydrogen-bond acceptors (Lipinski definition) is 5. The van der Waals surface area contributed by atoms with Crippen LogP contribution in [0.25, 0.3) is 0 Å². The first-order valence-electron chi connectivity index (χ1n) is 6.72. The lowest BCUT2D eigenvalue weighted by Gasteiger charge is -2.35. The summed E-state index contributed by atoms with van der Waals surface area (Å²) >= 11 is 0. The van der Waals surface area contributed by atoms with Crippen molar-refractivity contribution in [1.29, 1.82) is 0 Å². The lowest BCUT2D eigenvalue weighted by molar-refractivity contribution is 0.353. The highest BCUT2D eigenvalue weighted by atomic mass is 15.3. The van der Waals surface area contributed by atoms with Gasteiger partial charge in [-0.2, -0.15) is 15.0 Å². The molecule has 0 saturated carbocycles. The summed E-state index contributed by atoms with van der Waals surface area (Å²) in [6, 6.07) is 0. The Morgan fingerprint density at radius 1 is 1.11 bits per heavy atom. The van der Waals surface area contributed by atoms with Gasteiger partial charge in [-0.05, 0) is 18.3 Å². The van der Waals surface area contributed by atoms with Gasteiger partial charge in [-0.3, -0.25) is 0 Å². The number of piperidine rings is 1. The van der Waals surface area contributed by atoms with E-state index in [1.807, 2.05) is 0 Å². The minimum Gasteiger partial charge on any atom is -0.368 e. The Labute approximate surface area is 109 Å². The van der Waals surface area contributed by atoms with Crippen LogP contribution in [0.4, 0.5) is 11.9 Å². The Morgan fingerprint density at radius 3 is 2.28 bits per heavy atom. The number of nitrogens with two attached hydrogens (primary N) is 1. The fraction of sp³-hybridized carbons (Fsp3) is 0.769. The van der Waals surface area contributed by atoms with E-state index in [0.29, 0.717) is 17.8 Å². The molecule has 0 radical (unpaired) electrons. The van der Waals surface area contributed by atoms with Gasteiger partial charge < -0.3 is 10.6 Å². The summed E-state index contributed by atoms with van der Waals surface area (Å²) in [6.45, 7) is 10.7. The molecule has 0 bridgehead atoms. The zero-order valence-electron chi connectivity index (χ0n) is 11.7. The summed E-state index contributed by atoms with van der Waals surface area (Å²) in [5.41, 5.74) is 5.78. The lowest BCUT2D eigenvalue weighted by atomic mass is 9.92. The van der Waals surface area contributed by atoms with E-state index in [0.717, 1.165) is 24.9 Å². The molecule has 5 nitrogen and oxygen atoms in total. The predicted molar refractivity (Wildman–Crippen MR) is 73.5 cm³/mol. The highest BCUT2D eigenvalue weighted by Crippen LogP contribution is 2.25. The topological polar surface area (TPSA) is 67.9 Å². The van der Waals surface area contributed by atoms with Crippen molar-refractivity contribution in [3.05, 3.63) is 5.82 Å². The monoisotopic (exact) mass is 249 g/mol. The van der Waals surface area contributed by atoms with E-state index in [2.05, 4.69) is 47.5 Å². The fourth-order valence-corrected chi connectivity index (χ4v) is 2.62. The highest BCUT2D eigenvalue weighted by molar-refractivity contribution is 5.35. The molecule has 2 unspecified atom stereocenters. The second-order valence-corrected chi connectivity index (χ2v) is 5.86. The van der Waals surface area contributed by atoms with Gasteiger partial charge >= 0.3 is 0 Å². The third-order valence-corrected chi connectivity index (χ3v) is 3.33. The zero-order valence-corrected chi connectivity index (χ0v) is 11.7. The summed E-state index contributed by atoms with van der Waals surface area (Å²) in [4.78, 5) is 15.3. The van der Waals surface area contributed by atoms with Gasteiger partial charge in [-0.25, -0.2) is 0 Å². The molecule has 1 aromatic heterocycles. The van der Waals surface area contributed by atoms with Crippen LogP contribution in [0.15, 0.2) is 0 Å². The molecule has 2 atom stereocenters. The maximum atomic E-state index is 5.78. The van der Waals surface area contributed by atoms with Crippen molar-refractivity contribution in [2.45, 2.75) is 40.0 Å². The molecule has 0 aliphatic carbocycles. The minimum atomic E-state index is 0.272. The van der Waals surface area contributed by atoms with Gasteiger partial charge in [0.2, 0.25) is 11.9 Å². The van der Waals surface area contributed by atoms with E-state index in [-0.39, 0.29) is 5.92 Å². The number of hydrogen-bond donors (Lipinski definition) is 1. The molecule has 100 valence electrons. The van der Waals surface area contributed by atoms with E-state index < -0.39 is 0 Å². The first kappa shape index (κ1) is 13.1. The number of rotatable bonds is 2. The summed E-state index contributed by atoms with van der Waals surface area (Å²) < 4.78 is 0. The molecule has 1 aliphatic rings. The molecule has 1 aliphatic heterocycles. The third kappa shape index (κ3) is 2.89. The summed E-state index contributed by atoms with van der Waals surface area (Å²) in [6.07, 6.45) is 1.27. The largest absolute Gasteiger partial charge is 0.368 e. The highest BCUT2D eigenvalue weighted by Gasteiger charge is 2.24. The smallest absolute Gasteiger partial charge is 0.230 e. The standard InChI is InChI=1S/C13H23N5/c1-8(2)11-15-12(14)17-13(16-11)18-6-9(3)5-10(4)7-18/h8-10H,5-7H2,1-4H3,(H2,14,15,16,17). The van der Waals surface area contributed by atoms with E-state index in [4.69, 9.17) is 5.73 Å². The van der Waals surface area contributed by atoms with Crippen molar-refractivity contribution in [1.82, 2.24) is 15.0 Å².